The predicted octanol–water partition coefficient (Wildman–Crippen LogP) is 2.78. The predicted molar refractivity (Wildman–Crippen MR) is 83.6 cm³/mol. The average Bonchev–Trinajstić information content (AvgIpc) is 2.33. The van der Waals surface area contributed by atoms with E-state index in [1.54, 1.807) is 0 Å². The molecule has 0 heterocycles. The van der Waals surface area contributed by atoms with Crippen molar-refractivity contribution in [1.82, 2.24) is 5.32 Å². The van der Waals surface area contributed by atoms with Gasteiger partial charge < -0.3 is 14.6 Å². The molecule has 6 heteroatoms. The molecule has 0 aliphatic heterocycles. The third-order valence-corrected chi connectivity index (χ3v) is 3.34. The number of carbonyl (C=O) groups is 1. The van der Waals surface area contributed by atoms with Gasteiger partial charge in [0.25, 0.3) is 0 Å². The maximum Gasteiger partial charge on any atom is 0.407 e. The van der Waals surface area contributed by atoms with Gasteiger partial charge in [-0.25, -0.2) is 9.00 Å². The molecule has 0 aromatic heterocycles. The van der Waals surface area contributed by atoms with Crippen LogP contribution in [0.25, 0.3) is 0 Å². The zero-order chi connectivity index (χ0) is 16.0. The van der Waals surface area contributed by atoms with Crippen LogP contribution in [0.3, 0.4) is 0 Å². The minimum absolute atomic E-state index is 0.232. The summed E-state index contributed by atoms with van der Waals surface area (Å²) in [5.74, 6) is 0.232. The highest BCUT2D eigenvalue weighted by molar-refractivity contribution is 7.79. The highest BCUT2D eigenvalue weighted by Crippen LogP contribution is 2.13. The Kier molecular flexibility index (Phi) is 6.36. The first-order valence-electron chi connectivity index (χ1n) is 6.80. The summed E-state index contributed by atoms with van der Waals surface area (Å²) >= 11 is -1.77. The van der Waals surface area contributed by atoms with Crippen LogP contribution in [0, 0.1) is 6.92 Å². The summed E-state index contributed by atoms with van der Waals surface area (Å²) in [7, 11) is 0. The highest BCUT2D eigenvalue weighted by atomic mass is 32.2. The maximum absolute atomic E-state index is 11.6. The summed E-state index contributed by atoms with van der Waals surface area (Å²) in [6.45, 7) is 7.79. The van der Waals surface area contributed by atoms with Gasteiger partial charge in [-0.05, 0) is 50.8 Å². The van der Waals surface area contributed by atoms with Crippen molar-refractivity contribution in [2.45, 2.75) is 46.3 Å². The number of hydrogen-bond acceptors (Lipinski definition) is 3. The molecule has 0 fully saturated rings. The van der Waals surface area contributed by atoms with Crippen molar-refractivity contribution in [3.05, 3.63) is 34.9 Å². The largest absolute Gasteiger partial charge is 0.444 e. The van der Waals surface area contributed by atoms with Crippen molar-refractivity contribution in [1.29, 1.82) is 0 Å². The van der Waals surface area contributed by atoms with E-state index in [-0.39, 0.29) is 5.75 Å². The van der Waals surface area contributed by atoms with Crippen molar-refractivity contribution in [2.24, 2.45) is 0 Å². The van der Waals surface area contributed by atoms with Crippen LogP contribution < -0.4 is 5.32 Å². The molecule has 21 heavy (non-hydrogen) atoms. The molecule has 1 amide bonds. The lowest BCUT2D eigenvalue weighted by atomic mass is 10.0. The quantitative estimate of drug-likeness (QED) is 0.820. The summed E-state index contributed by atoms with van der Waals surface area (Å²) in [5.41, 5.74) is 2.54. The van der Waals surface area contributed by atoms with Crippen molar-refractivity contribution >= 4 is 17.2 Å². The van der Waals surface area contributed by atoms with Gasteiger partial charge >= 0.3 is 6.09 Å². The molecule has 0 radical (unpaired) electrons. The Labute approximate surface area is 128 Å². The van der Waals surface area contributed by atoms with E-state index in [9.17, 15) is 9.00 Å². The molecule has 0 aliphatic rings. The van der Waals surface area contributed by atoms with Crippen LogP contribution in [0.4, 0.5) is 4.79 Å². The second kappa shape index (κ2) is 7.56. The normalized spacial score (nSPS) is 12.8. The summed E-state index contributed by atoms with van der Waals surface area (Å²) in [4.78, 5) is 11.6. The lowest BCUT2D eigenvalue weighted by Crippen LogP contribution is -2.32. The lowest BCUT2D eigenvalue weighted by molar-refractivity contribution is 0.0523. The van der Waals surface area contributed by atoms with Crippen LogP contribution in [0.1, 0.15) is 37.5 Å². The van der Waals surface area contributed by atoms with E-state index in [0.717, 1.165) is 16.7 Å². The van der Waals surface area contributed by atoms with E-state index in [1.165, 1.54) is 0 Å². The molecule has 1 unspecified atom stereocenters. The molecule has 0 bridgehead atoms. The lowest BCUT2D eigenvalue weighted by Gasteiger charge is -2.19. The molecule has 0 aliphatic carbocycles. The SMILES string of the molecule is Cc1cc(CNC(=O)OC(C)(C)C)ccc1CCS(=O)O. The number of aryl methyl sites for hydroxylation is 2. The Morgan fingerprint density at radius 1 is 1.38 bits per heavy atom. The van der Waals surface area contributed by atoms with Crippen molar-refractivity contribution < 1.29 is 18.3 Å². The van der Waals surface area contributed by atoms with Crippen molar-refractivity contribution in [3.63, 3.8) is 0 Å². The molecule has 0 saturated heterocycles. The maximum atomic E-state index is 11.6. The fourth-order valence-corrected chi connectivity index (χ4v) is 2.23. The van der Waals surface area contributed by atoms with Crippen LogP contribution in [-0.4, -0.2) is 26.2 Å². The summed E-state index contributed by atoms with van der Waals surface area (Å²) in [5, 5.41) is 2.70. The zero-order valence-corrected chi connectivity index (χ0v) is 13.8. The Hall–Kier alpha value is -1.40. The molecular formula is C15H23NO4S. The fraction of sp³-hybridized carbons (Fsp3) is 0.533. The number of hydrogen-bond donors (Lipinski definition) is 2. The minimum atomic E-state index is -1.77. The van der Waals surface area contributed by atoms with Crippen LogP contribution >= 0.6 is 0 Å². The van der Waals surface area contributed by atoms with Crippen LogP contribution in [0.5, 0.6) is 0 Å². The average molecular weight is 313 g/mol. The molecule has 5 nitrogen and oxygen atoms in total. The molecule has 1 aromatic carbocycles. The Morgan fingerprint density at radius 2 is 2.05 bits per heavy atom. The van der Waals surface area contributed by atoms with Crippen LogP contribution in [0.15, 0.2) is 18.2 Å². The van der Waals surface area contributed by atoms with Gasteiger partial charge in [-0.15, -0.1) is 0 Å². The Balaban J connectivity index is 2.56. The monoisotopic (exact) mass is 313 g/mol. The van der Waals surface area contributed by atoms with Gasteiger partial charge in [-0.1, -0.05) is 18.2 Å². The van der Waals surface area contributed by atoms with E-state index in [0.29, 0.717) is 13.0 Å². The van der Waals surface area contributed by atoms with Crippen LogP contribution in [0.2, 0.25) is 0 Å². The molecule has 1 aromatic rings. The van der Waals surface area contributed by atoms with Gasteiger partial charge in [0, 0.05) is 6.54 Å². The second-order valence-electron chi connectivity index (χ2n) is 5.89. The zero-order valence-electron chi connectivity index (χ0n) is 12.9. The number of alkyl carbamates (subject to hydrolysis) is 1. The molecule has 2 N–H and O–H groups in total. The Bertz CT molecular complexity index is 523. The van der Waals surface area contributed by atoms with Gasteiger partial charge in [0.15, 0.2) is 11.1 Å². The third kappa shape index (κ3) is 7.24. The molecule has 1 rings (SSSR count). The van der Waals surface area contributed by atoms with E-state index in [1.807, 2.05) is 45.9 Å². The van der Waals surface area contributed by atoms with Gasteiger partial charge in [-0.3, -0.25) is 0 Å². The summed E-state index contributed by atoms with van der Waals surface area (Å²) in [6.07, 6.45) is 0.120. The highest BCUT2D eigenvalue weighted by Gasteiger charge is 2.15. The summed E-state index contributed by atoms with van der Waals surface area (Å²) in [6, 6.07) is 5.79. The number of carbonyl (C=O) groups excluding carboxylic acids is 1. The standard InChI is InChI=1S/C15H23NO4S/c1-11-9-12(5-6-13(11)7-8-21(18)19)10-16-14(17)20-15(2,3)4/h5-6,9H,7-8,10H2,1-4H3,(H,16,17)(H,18,19). The molecule has 0 saturated carbocycles. The van der Waals surface area contributed by atoms with E-state index in [2.05, 4.69) is 5.32 Å². The number of ether oxygens (including phenoxy) is 1. The van der Waals surface area contributed by atoms with Crippen LogP contribution in [-0.2, 0) is 28.8 Å². The van der Waals surface area contributed by atoms with Gasteiger partial charge in [0.2, 0.25) is 0 Å². The first kappa shape index (κ1) is 17.7. The number of benzene rings is 1. The van der Waals surface area contributed by atoms with Gasteiger partial charge in [0.1, 0.15) is 5.60 Å². The number of amides is 1. The minimum Gasteiger partial charge on any atom is -0.444 e. The summed E-state index contributed by atoms with van der Waals surface area (Å²) < 4.78 is 24.7. The van der Waals surface area contributed by atoms with E-state index >= 15 is 0 Å². The number of nitrogens with one attached hydrogen (secondary N) is 1. The molecular weight excluding hydrogens is 290 g/mol. The van der Waals surface area contributed by atoms with E-state index in [4.69, 9.17) is 9.29 Å². The van der Waals surface area contributed by atoms with E-state index < -0.39 is 22.8 Å². The molecule has 118 valence electrons. The van der Waals surface area contributed by atoms with Crippen molar-refractivity contribution in [2.75, 3.05) is 5.75 Å². The second-order valence-corrected chi connectivity index (χ2v) is 6.94. The first-order chi connectivity index (χ1) is 9.67. The number of rotatable bonds is 5. The van der Waals surface area contributed by atoms with Crippen molar-refractivity contribution in [3.8, 4) is 0 Å². The molecule has 0 spiro atoms. The molecule has 1 atom stereocenters. The topological polar surface area (TPSA) is 75.6 Å². The Morgan fingerprint density at radius 3 is 2.57 bits per heavy atom. The van der Waals surface area contributed by atoms with Gasteiger partial charge in [-0.2, -0.15) is 0 Å². The fourth-order valence-electron chi connectivity index (χ4n) is 1.83. The third-order valence-electron chi connectivity index (χ3n) is 2.79. The smallest absolute Gasteiger partial charge is 0.407 e. The van der Waals surface area contributed by atoms with Gasteiger partial charge in [0.05, 0.1) is 5.75 Å². The first-order valence-corrected chi connectivity index (χ1v) is 8.07.